The van der Waals surface area contributed by atoms with E-state index in [-0.39, 0.29) is 24.5 Å². The Balaban J connectivity index is 2.70. The first kappa shape index (κ1) is 12.6. The third-order valence-corrected chi connectivity index (χ3v) is 2.22. The van der Waals surface area contributed by atoms with Crippen LogP contribution in [0.1, 0.15) is 12.5 Å². The molecule has 0 radical (unpaired) electrons. The number of Topliss-reactive ketones (excluding diaryl/α,β-unsaturated/α-hetero) is 1. The first-order valence-electron chi connectivity index (χ1n) is 5.22. The van der Waals surface area contributed by atoms with Gasteiger partial charge >= 0.3 is 0 Å². The lowest BCUT2D eigenvalue weighted by molar-refractivity contribution is -0.117. The maximum absolute atomic E-state index is 13.7. The molecule has 0 unspecified atom stereocenters. The molecule has 0 fully saturated rings. The smallest absolute Gasteiger partial charge is 0.168 e. The van der Waals surface area contributed by atoms with E-state index in [2.05, 4.69) is 5.32 Å². The van der Waals surface area contributed by atoms with Gasteiger partial charge in [0.2, 0.25) is 0 Å². The van der Waals surface area contributed by atoms with E-state index in [4.69, 9.17) is 4.74 Å². The number of hydrogen-bond acceptors (Lipinski definition) is 3. The number of carbonyl (C=O) groups excluding carboxylic acids is 1. The number of likely N-dealkylation sites (N-methyl/N-ethyl adjacent to an activating group) is 1. The zero-order valence-electron chi connectivity index (χ0n) is 9.55. The second-order valence-electron chi connectivity index (χ2n) is 3.43. The van der Waals surface area contributed by atoms with Crippen LogP contribution in [0.15, 0.2) is 18.2 Å². The molecule has 0 spiro atoms. The van der Waals surface area contributed by atoms with Gasteiger partial charge in [-0.2, -0.15) is 0 Å². The van der Waals surface area contributed by atoms with Gasteiger partial charge < -0.3 is 10.1 Å². The van der Waals surface area contributed by atoms with Gasteiger partial charge in [0.1, 0.15) is 0 Å². The average Bonchev–Trinajstić information content (AvgIpc) is 2.29. The second kappa shape index (κ2) is 6.23. The standard InChI is InChI=1S/C12H16FNO2/c1-3-14-8-10(15)7-9-5-4-6-11(16-2)12(9)13/h4-6,14H,3,7-8H2,1-2H3. The van der Waals surface area contributed by atoms with Crippen molar-refractivity contribution in [3.8, 4) is 5.75 Å². The Morgan fingerprint density at radius 3 is 2.88 bits per heavy atom. The summed E-state index contributed by atoms with van der Waals surface area (Å²) < 4.78 is 18.5. The van der Waals surface area contributed by atoms with Crippen molar-refractivity contribution >= 4 is 5.78 Å². The summed E-state index contributed by atoms with van der Waals surface area (Å²) in [7, 11) is 1.41. The van der Waals surface area contributed by atoms with E-state index in [1.54, 1.807) is 12.1 Å². The van der Waals surface area contributed by atoms with Gasteiger partial charge in [-0.3, -0.25) is 4.79 Å². The molecule has 88 valence electrons. The molecule has 0 aliphatic carbocycles. The fraction of sp³-hybridized carbons (Fsp3) is 0.417. The highest BCUT2D eigenvalue weighted by atomic mass is 19.1. The molecule has 0 saturated carbocycles. The summed E-state index contributed by atoms with van der Waals surface area (Å²) >= 11 is 0. The topological polar surface area (TPSA) is 38.3 Å². The number of ether oxygens (including phenoxy) is 1. The van der Waals surface area contributed by atoms with Crippen molar-refractivity contribution in [2.45, 2.75) is 13.3 Å². The highest BCUT2D eigenvalue weighted by Gasteiger charge is 2.11. The molecule has 1 aromatic rings. The molecule has 0 aliphatic heterocycles. The molecule has 0 atom stereocenters. The van der Waals surface area contributed by atoms with Crippen LogP contribution in [0.25, 0.3) is 0 Å². The Bertz CT molecular complexity index is 366. The second-order valence-corrected chi connectivity index (χ2v) is 3.43. The number of nitrogens with one attached hydrogen (secondary N) is 1. The van der Waals surface area contributed by atoms with Crippen LogP contribution in [-0.2, 0) is 11.2 Å². The highest BCUT2D eigenvalue weighted by Crippen LogP contribution is 2.20. The molecule has 0 heterocycles. The van der Waals surface area contributed by atoms with Crippen LogP contribution in [0, 0.1) is 5.82 Å². The Labute approximate surface area is 94.6 Å². The number of ketones is 1. The highest BCUT2D eigenvalue weighted by molar-refractivity contribution is 5.82. The van der Waals surface area contributed by atoms with E-state index in [1.807, 2.05) is 6.92 Å². The summed E-state index contributed by atoms with van der Waals surface area (Å²) in [5, 5.41) is 2.91. The lowest BCUT2D eigenvalue weighted by atomic mass is 10.1. The first-order chi connectivity index (χ1) is 7.69. The van der Waals surface area contributed by atoms with E-state index in [9.17, 15) is 9.18 Å². The van der Waals surface area contributed by atoms with Gasteiger partial charge in [0.25, 0.3) is 0 Å². The van der Waals surface area contributed by atoms with Crippen LogP contribution in [-0.4, -0.2) is 26.0 Å². The first-order valence-corrected chi connectivity index (χ1v) is 5.22. The van der Waals surface area contributed by atoms with Gasteiger partial charge in [0, 0.05) is 6.42 Å². The van der Waals surface area contributed by atoms with Gasteiger partial charge in [-0.25, -0.2) is 4.39 Å². The Morgan fingerprint density at radius 1 is 1.50 bits per heavy atom. The number of methoxy groups -OCH3 is 1. The Morgan fingerprint density at radius 2 is 2.25 bits per heavy atom. The molecule has 4 heteroatoms. The van der Waals surface area contributed by atoms with Gasteiger partial charge in [0.15, 0.2) is 17.3 Å². The zero-order valence-corrected chi connectivity index (χ0v) is 9.55. The molecule has 0 aromatic heterocycles. The minimum absolute atomic E-state index is 0.0333. The van der Waals surface area contributed by atoms with Crippen molar-refractivity contribution in [3.63, 3.8) is 0 Å². The lowest BCUT2D eigenvalue weighted by Crippen LogP contribution is -2.24. The molecule has 16 heavy (non-hydrogen) atoms. The van der Waals surface area contributed by atoms with Gasteiger partial charge in [-0.1, -0.05) is 19.1 Å². The molecule has 1 N–H and O–H groups in total. The van der Waals surface area contributed by atoms with Crippen LogP contribution in [0.4, 0.5) is 4.39 Å². The largest absolute Gasteiger partial charge is 0.494 e. The van der Waals surface area contributed by atoms with E-state index >= 15 is 0 Å². The number of hydrogen-bond donors (Lipinski definition) is 1. The molecule has 0 saturated heterocycles. The Hall–Kier alpha value is -1.42. The molecule has 0 amide bonds. The summed E-state index contributed by atoms with van der Waals surface area (Å²) in [6.45, 7) is 2.92. The molecule has 1 rings (SSSR count). The summed E-state index contributed by atoms with van der Waals surface area (Å²) in [5.41, 5.74) is 0.377. The van der Waals surface area contributed by atoms with Crippen LogP contribution < -0.4 is 10.1 Å². The minimum Gasteiger partial charge on any atom is -0.494 e. The number of halogens is 1. The van der Waals surface area contributed by atoms with E-state index in [1.165, 1.54) is 13.2 Å². The van der Waals surface area contributed by atoms with Gasteiger partial charge in [0.05, 0.1) is 13.7 Å². The monoisotopic (exact) mass is 225 g/mol. The van der Waals surface area contributed by atoms with Crippen molar-refractivity contribution in [3.05, 3.63) is 29.6 Å². The van der Waals surface area contributed by atoms with Crippen molar-refractivity contribution in [2.75, 3.05) is 20.2 Å². The van der Waals surface area contributed by atoms with Gasteiger partial charge in [-0.05, 0) is 18.2 Å². The minimum atomic E-state index is -0.449. The predicted octanol–water partition coefficient (Wildman–Crippen LogP) is 1.56. The summed E-state index contributed by atoms with van der Waals surface area (Å²) in [6.07, 6.45) is 0.0933. The fourth-order valence-corrected chi connectivity index (χ4v) is 1.39. The fourth-order valence-electron chi connectivity index (χ4n) is 1.39. The quantitative estimate of drug-likeness (QED) is 0.798. The van der Waals surface area contributed by atoms with Crippen LogP contribution in [0.5, 0.6) is 5.75 Å². The number of carbonyl (C=O) groups is 1. The molecule has 3 nitrogen and oxygen atoms in total. The number of benzene rings is 1. The maximum Gasteiger partial charge on any atom is 0.168 e. The van der Waals surface area contributed by atoms with Gasteiger partial charge in [-0.15, -0.1) is 0 Å². The van der Waals surface area contributed by atoms with E-state index in [0.29, 0.717) is 5.56 Å². The maximum atomic E-state index is 13.7. The molecule has 0 aliphatic rings. The molecule has 1 aromatic carbocycles. The van der Waals surface area contributed by atoms with E-state index < -0.39 is 5.82 Å². The number of rotatable bonds is 6. The SMILES string of the molecule is CCNCC(=O)Cc1cccc(OC)c1F. The van der Waals surface area contributed by atoms with Crippen molar-refractivity contribution in [1.82, 2.24) is 5.32 Å². The molecule has 0 bridgehead atoms. The average molecular weight is 225 g/mol. The summed E-state index contributed by atoms with van der Waals surface area (Å²) in [6, 6.07) is 4.81. The third kappa shape index (κ3) is 3.31. The Kier molecular flexibility index (Phi) is 4.92. The van der Waals surface area contributed by atoms with Crippen molar-refractivity contribution < 1.29 is 13.9 Å². The van der Waals surface area contributed by atoms with Crippen molar-refractivity contribution in [2.24, 2.45) is 0 Å². The predicted molar refractivity (Wildman–Crippen MR) is 60.2 cm³/mol. The summed E-state index contributed by atoms with van der Waals surface area (Å²) in [5.74, 6) is -0.308. The molecular weight excluding hydrogens is 209 g/mol. The third-order valence-electron chi connectivity index (χ3n) is 2.22. The molecular formula is C12H16FNO2. The van der Waals surface area contributed by atoms with Crippen molar-refractivity contribution in [1.29, 1.82) is 0 Å². The van der Waals surface area contributed by atoms with Crippen LogP contribution >= 0.6 is 0 Å². The lowest BCUT2D eigenvalue weighted by Gasteiger charge is -2.06. The zero-order chi connectivity index (χ0) is 12.0. The van der Waals surface area contributed by atoms with Crippen LogP contribution in [0.2, 0.25) is 0 Å². The normalized spacial score (nSPS) is 10.2. The van der Waals surface area contributed by atoms with E-state index in [0.717, 1.165) is 6.54 Å². The van der Waals surface area contributed by atoms with Crippen LogP contribution in [0.3, 0.4) is 0 Å². The summed E-state index contributed by atoms with van der Waals surface area (Å²) in [4.78, 5) is 11.5.